The van der Waals surface area contributed by atoms with Gasteiger partial charge in [-0.25, -0.2) is 4.98 Å². The van der Waals surface area contributed by atoms with Crippen LogP contribution in [-0.4, -0.2) is 17.6 Å². The molecule has 0 amide bonds. The minimum Gasteiger partial charge on any atom is -0.314 e. The predicted molar refractivity (Wildman–Crippen MR) is 90.0 cm³/mol. The van der Waals surface area contributed by atoms with E-state index in [2.05, 4.69) is 53.8 Å². The van der Waals surface area contributed by atoms with Gasteiger partial charge in [0, 0.05) is 36.0 Å². The summed E-state index contributed by atoms with van der Waals surface area (Å²) in [6.07, 6.45) is 6.74. The van der Waals surface area contributed by atoms with Crippen LogP contribution in [0.3, 0.4) is 0 Å². The van der Waals surface area contributed by atoms with Crippen molar-refractivity contribution < 1.29 is 0 Å². The molecule has 0 saturated carbocycles. The number of nitrogens with one attached hydrogen (secondary N) is 1. The Balaban J connectivity index is 1.96. The highest BCUT2D eigenvalue weighted by Gasteiger charge is 2.37. The summed E-state index contributed by atoms with van der Waals surface area (Å²) in [4.78, 5) is 4.55. The van der Waals surface area contributed by atoms with Crippen LogP contribution in [0.2, 0.25) is 0 Å². The molecule has 1 aliphatic rings. The molecule has 3 rings (SSSR count). The fourth-order valence-corrected chi connectivity index (χ4v) is 4.23. The van der Waals surface area contributed by atoms with Gasteiger partial charge in [-0.1, -0.05) is 38.1 Å². The van der Waals surface area contributed by atoms with E-state index in [4.69, 9.17) is 0 Å². The standard InChI is InChI=1S/C18H24N2S/c1-14(2)20-13-18(12-17-19-10-11-21-17)9-5-7-15-6-3-4-8-16(15)18/h3-4,6,8,10-11,14,20H,5,7,9,12-13H2,1-2H3. The minimum absolute atomic E-state index is 0.205. The smallest absolute Gasteiger partial charge is 0.0934 e. The van der Waals surface area contributed by atoms with Crippen molar-refractivity contribution in [1.82, 2.24) is 10.3 Å². The summed E-state index contributed by atoms with van der Waals surface area (Å²) in [5.41, 5.74) is 3.28. The molecule has 2 aromatic rings. The molecule has 1 heterocycles. The van der Waals surface area contributed by atoms with E-state index in [1.807, 2.05) is 6.20 Å². The lowest BCUT2D eigenvalue weighted by atomic mass is 9.68. The molecule has 1 unspecified atom stereocenters. The van der Waals surface area contributed by atoms with E-state index in [1.165, 1.54) is 29.8 Å². The quantitative estimate of drug-likeness (QED) is 0.904. The SMILES string of the molecule is CC(C)NCC1(Cc2nccs2)CCCc2ccccc21. The van der Waals surface area contributed by atoms with Crippen LogP contribution in [-0.2, 0) is 18.3 Å². The summed E-state index contributed by atoms with van der Waals surface area (Å²) in [5, 5.41) is 7.04. The summed E-state index contributed by atoms with van der Waals surface area (Å²) >= 11 is 1.79. The number of aromatic nitrogens is 1. The molecule has 0 saturated heterocycles. The zero-order chi connectivity index (χ0) is 14.7. The van der Waals surface area contributed by atoms with Crippen LogP contribution in [0.1, 0.15) is 42.8 Å². The van der Waals surface area contributed by atoms with E-state index in [1.54, 1.807) is 16.9 Å². The number of hydrogen-bond donors (Lipinski definition) is 1. The zero-order valence-electron chi connectivity index (χ0n) is 12.9. The van der Waals surface area contributed by atoms with Crippen molar-refractivity contribution in [2.45, 2.75) is 51.0 Å². The van der Waals surface area contributed by atoms with Crippen LogP contribution in [0.15, 0.2) is 35.8 Å². The van der Waals surface area contributed by atoms with Gasteiger partial charge in [-0.05, 0) is 30.4 Å². The summed E-state index contributed by atoms with van der Waals surface area (Å²) in [6.45, 7) is 5.50. The van der Waals surface area contributed by atoms with Gasteiger partial charge in [0.15, 0.2) is 0 Å². The van der Waals surface area contributed by atoms with Gasteiger partial charge in [0.05, 0.1) is 5.01 Å². The maximum Gasteiger partial charge on any atom is 0.0934 e. The second-order valence-corrected chi connectivity index (χ2v) is 7.41. The van der Waals surface area contributed by atoms with Gasteiger partial charge in [0.2, 0.25) is 0 Å². The Kier molecular flexibility index (Phi) is 4.41. The number of thiazole rings is 1. The first-order chi connectivity index (χ1) is 10.2. The third-order valence-corrected chi connectivity index (χ3v) is 5.29. The molecule has 21 heavy (non-hydrogen) atoms. The van der Waals surface area contributed by atoms with Crippen molar-refractivity contribution in [3.05, 3.63) is 52.0 Å². The van der Waals surface area contributed by atoms with Crippen molar-refractivity contribution in [1.29, 1.82) is 0 Å². The molecular weight excluding hydrogens is 276 g/mol. The Morgan fingerprint density at radius 1 is 1.33 bits per heavy atom. The largest absolute Gasteiger partial charge is 0.314 e. The molecule has 3 heteroatoms. The van der Waals surface area contributed by atoms with Crippen LogP contribution in [0.5, 0.6) is 0 Å². The molecule has 0 radical (unpaired) electrons. The molecule has 2 nitrogen and oxygen atoms in total. The summed E-state index contributed by atoms with van der Waals surface area (Å²) in [7, 11) is 0. The number of benzene rings is 1. The van der Waals surface area contributed by atoms with E-state index in [9.17, 15) is 0 Å². The number of fused-ring (bicyclic) bond motifs is 1. The highest BCUT2D eigenvalue weighted by molar-refractivity contribution is 7.09. The lowest BCUT2D eigenvalue weighted by Crippen LogP contribution is -2.44. The van der Waals surface area contributed by atoms with Gasteiger partial charge in [0.1, 0.15) is 0 Å². The summed E-state index contributed by atoms with van der Waals surface area (Å²) in [5.74, 6) is 0. The number of hydrogen-bond acceptors (Lipinski definition) is 3. The first-order valence-corrected chi connectivity index (χ1v) is 8.78. The minimum atomic E-state index is 0.205. The average molecular weight is 300 g/mol. The van der Waals surface area contributed by atoms with Crippen molar-refractivity contribution in [3.8, 4) is 0 Å². The Morgan fingerprint density at radius 3 is 2.95 bits per heavy atom. The predicted octanol–water partition coefficient (Wildman–Crippen LogP) is 3.96. The summed E-state index contributed by atoms with van der Waals surface area (Å²) < 4.78 is 0. The molecule has 1 aliphatic carbocycles. The molecule has 112 valence electrons. The lowest BCUT2D eigenvalue weighted by Gasteiger charge is -2.40. The monoisotopic (exact) mass is 300 g/mol. The summed E-state index contributed by atoms with van der Waals surface area (Å²) in [6, 6.07) is 9.53. The first-order valence-electron chi connectivity index (χ1n) is 7.90. The molecule has 0 bridgehead atoms. The van der Waals surface area contributed by atoms with Gasteiger partial charge >= 0.3 is 0 Å². The third kappa shape index (κ3) is 3.19. The number of nitrogens with zero attached hydrogens (tertiary/aromatic N) is 1. The molecule has 0 spiro atoms. The molecular formula is C18H24N2S. The van der Waals surface area contributed by atoms with Crippen molar-refractivity contribution >= 4 is 11.3 Å². The fourth-order valence-electron chi connectivity index (χ4n) is 3.47. The average Bonchev–Trinajstić information content (AvgIpc) is 2.98. The Bertz CT molecular complexity index is 577. The van der Waals surface area contributed by atoms with E-state index < -0.39 is 0 Å². The van der Waals surface area contributed by atoms with E-state index >= 15 is 0 Å². The Morgan fingerprint density at radius 2 is 2.19 bits per heavy atom. The molecule has 1 aromatic heterocycles. The van der Waals surface area contributed by atoms with Crippen molar-refractivity contribution in [3.63, 3.8) is 0 Å². The number of aryl methyl sites for hydroxylation is 1. The highest BCUT2D eigenvalue weighted by atomic mass is 32.1. The molecule has 1 atom stereocenters. The lowest BCUT2D eigenvalue weighted by molar-refractivity contribution is 0.325. The van der Waals surface area contributed by atoms with Gasteiger partial charge in [-0.2, -0.15) is 0 Å². The van der Waals surface area contributed by atoms with Crippen LogP contribution >= 0.6 is 11.3 Å². The molecule has 1 aromatic carbocycles. The topological polar surface area (TPSA) is 24.9 Å². The maximum atomic E-state index is 4.55. The van der Waals surface area contributed by atoms with Crippen LogP contribution in [0.4, 0.5) is 0 Å². The van der Waals surface area contributed by atoms with E-state index in [0.29, 0.717) is 6.04 Å². The fraction of sp³-hybridized carbons (Fsp3) is 0.500. The van der Waals surface area contributed by atoms with Gasteiger partial charge in [-0.15, -0.1) is 11.3 Å². The zero-order valence-corrected chi connectivity index (χ0v) is 13.7. The van der Waals surface area contributed by atoms with Crippen LogP contribution in [0.25, 0.3) is 0 Å². The van der Waals surface area contributed by atoms with Crippen molar-refractivity contribution in [2.24, 2.45) is 0 Å². The number of rotatable bonds is 5. The van der Waals surface area contributed by atoms with E-state index in [-0.39, 0.29) is 5.41 Å². The second-order valence-electron chi connectivity index (χ2n) is 6.43. The van der Waals surface area contributed by atoms with E-state index in [0.717, 1.165) is 13.0 Å². The Labute approximate surface area is 131 Å². The van der Waals surface area contributed by atoms with Crippen LogP contribution in [0, 0.1) is 0 Å². The first kappa shape index (κ1) is 14.7. The maximum absolute atomic E-state index is 4.55. The van der Waals surface area contributed by atoms with Crippen LogP contribution < -0.4 is 5.32 Å². The molecule has 0 fully saturated rings. The molecule has 0 aliphatic heterocycles. The van der Waals surface area contributed by atoms with Gasteiger partial charge in [-0.3, -0.25) is 0 Å². The Hall–Kier alpha value is -1.19. The highest BCUT2D eigenvalue weighted by Crippen LogP contribution is 2.40. The second kappa shape index (κ2) is 6.29. The normalized spacial score (nSPS) is 21.5. The third-order valence-electron chi connectivity index (χ3n) is 4.51. The van der Waals surface area contributed by atoms with Crippen molar-refractivity contribution in [2.75, 3.05) is 6.54 Å². The van der Waals surface area contributed by atoms with Gasteiger partial charge in [0.25, 0.3) is 0 Å². The molecule has 1 N–H and O–H groups in total. The van der Waals surface area contributed by atoms with Gasteiger partial charge < -0.3 is 5.32 Å².